The first-order valence-electron chi connectivity index (χ1n) is 6.61. The molecular formula is C16H20N2O. The number of nitriles is 1. The van der Waals surface area contributed by atoms with Crippen molar-refractivity contribution >= 4 is 5.91 Å². The van der Waals surface area contributed by atoms with E-state index in [0.29, 0.717) is 12.0 Å². The number of unbranched alkanes of at least 4 members (excludes halogenated alkanes) is 1. The van der Waals surface area contributed by atoms with Crippen LogP contribution in [-0.4, -0.2) is 12.5 Å². The second kappa shape index (κ2) is 8.10. The van der Waals surface area contributed by atoms with Crippen LogP contribution in [-0.2, 0) is 11.2 Å². The zero-order chi connectivity index (χ0) is 14.1. The van der Waals surface area contributed by atoms with Gasteiger partial charge in [-0.2, -0.15) is 5.26 Å². The van der Waals surface area contributed by atoms with Crippen LogP contribution >= 0.6 is 0 Å². The molecule has 100 valence electrons. The molecule has 0 unspecified atom stereocenters. The number of carbonyl (C=O) groups excluding carboxylic acids is 1. The first kappa shape index (κ1) is 15.0. The molecule has 0 aliphatic rings. The van der Waals surface area contributed by atoms with Crippen LogP contribution in [0, 0.1) is 11.3 Å². The predicted octanol–water partition coefficient (Wildman–Crippen LogP) is 2.96. The minimum Gasteiger partial charge on any atom is -0.352 e. The first-order chi connectivity index (χ1) is 9.17. The highest BCUT2D eigenvalue weighted by atomic mass is 16.1. The molecule has 1 aromatic rings. The van der Waals surface area contributed by atoms with E-state index >= 15 is 0 Å². The molecule has 0 aromatic heterocycles. The second-order valence-electron chi connectivity index (χ2n) is 4.51. The van der Waals surface area contributed by atoms with Gasteiger partial charge in [-0.3, -0.25) is 4.79 Å². The molecule has 19 heavy (non-hydrogen) atoms. The normalized spacial score (nSPS) is 10.9. The molecule has 0 heterocycles. The Morgan fingerprint density at radius 1 is 1.37 bits per heavy atom. The number of allylic oxidation sites excluding steroid dienone is 1. The summed E-state index contributed by atoms with van der Waals surface area (Å²) in [6.45, 7) is 4.65. The number of hydrogen-bond acceptors (Lipinski definition) is 2. The molecule has 0 aliphatic carbocycles. The lowest BCUT2D eigenvalue weighted by atomic mass is 10.1. The maximum absolute atomic E-state index is 11.7. The van der Waals surface area contributed by atoms with Crippen LogP contribution in [0.2, 0.25) is 0 Å². The van der Waals surface area contributed by atoms with Crippen LogP contribution in [0.5, 0.6) is 0 Å². The zero-order valence-electron chi connectivity index (χ0n) is 11.6. The van der Waals surface area contributed by atoms with E-state index in [9.17, 15) is 4.79 Å². The number of rotatable bonds is 6. The third-order valence-electron chi connectivity index (χ3n) is 2.90. The summed E-state index contributed by atoms with van der Waals surface area (Å²) in [6.07, 6.45) is 4.71. The summed E-state index contributed by atoms with van der Waals surface area (Å²) in [7, 11) is 0. The number of carbonyl (C=O) groups is 1. The molecule has 1 N–H and O–H groups in total. The van der Waals surface area contributed by atoms with Crippen molar-refractivity contribution in [1.82, 2.24) is 5.32 Å². The minimum atomic E-state index is 0.00194. The lowest BCUT2D eigenvalue weighted by molar-refractivity contribution is -0.117. The Morgan fingerprint density at radius 3 is 2.63 bits per heavy atom. The quantitative estimate of drug-likeness (QED) is 0.628. The minimum absolute atomic E-state index is 0.00194. The van der Waals surface area contributed by atoms with Gasteiger partial charge in [0.05, 0.1) is 11.6 Å². The van der Waals surface area contributed by atoms with E-state index in [1.54, 1.807) is 12.1 Å². The Hall–Kier alpha value is -2.08. The van der Waals surface area contributed by atoms with Gasteiger partial charge in [-0.15, -0.1) is 0 Å². The van der Waals surface area contributed by atoms with Crippen LogP contribution in [0.4, 0.5) is 0 Å². The third-order valence-corrected chi connectivity index (χ3v) is 2.90. The molecule has 1 amide bonds. The summed E-state index contributed by atoms with van der Waals surface area (Å²) in [5.74, 6) is 0.00194. The van der Waals surface area contributed by atoms with Gasteiger partial charge in [0.15, 0.2) is 0 Å². The summed E-state index contributed by atoms with van der Waals surface area (Å²) >= 11 is 0. The Kier molecular flexibility index (Phi) is 6.38. The van der Waals surface area contributed by atoms with Crippen molar-refractivity contribution in [2.24, 2.45) is 0 Å². The molecule has 0 aliphatic heterocycles. The Balaban J connectivity index is 2.50. The maximum atomic E-state index is 11.7. The lowest BCUT2D eigenvalue weighted by Crippen LogP contribution is -2.25. The number of hydrogen-bond donors (Lipinski definition) is 1. The molecule has 3 nitrogen and oxygen atoms in total. The summed E-state index contributed by atoms with van der Waals surface area (Å²) < 4.78 is 0. The Morgan fingerprint density at radius 2 is 2.05 bits per heavy atom. The van der Waals surface area contributed by atoms with Gasteiger partial charge in [-0.05, 0) is 37.5 Å². The molecule has 0 fully saturated rings. The molecule has 0 radical (unpaired) electrons. The third kappa shape index (κ3) is 5.39. The van der Waals surface area contributed by atoms with Crippen molar-refractivity contribution in [2.75, 3.05) is 6.54 Å². The van der Waals surface area contributed by atoms with Crippen molar-refractivity contribution in [2.45, 2.75) is 33.1 Å². The van der Waals surface area contributed by atoms with Crippen molar-refractivity contribution in [3.63, 3.8) is 0 Å². The number of amides is 1. The van der Waals surface area contributed by atoms with Gasteiger partial charge < -0.3 is 5.32 Å². The largest absolute Gasteiger partial charge is 0.352 e. The van der Waals surface area contributed by atoms with Crippen molar-refractivity contribution in [1.29, 1.82) is 5.26 Å². The monoisotopic (exact) mass is 256 g/mol. The van der Waals surface area contributed by atoms with Gasteiger partial charge in [-0.25, -0.2) is 0 Å². The smallest absolute Gasteiger partial charge is 0.246 e. The highest BCUT2D eigenvalue weighted by Crippen LogP contribution is 2.06. The number of nitrogens with one attached hydrogen (secondary N) is 1. The van der Waals surface area contributed by atoms with Gasteiger partial charge in [0, 0.05) is 12.1 Å². The lowest BCUT2D eigenvalue weighted by Gasteiger charge is -2.04. The molecule has 0 saturated heterocycles. The average molecular weight is 256 g/mol. The van der Waals surface area contributed by atoms with Crippen LogP contribution in [0.3, 0.4) is 0 Å². The number of nitrogens with zero attached hydrogens (tertiary/aromatic N) is 1. The Labute approximate surface area is 114 Å². The molecule has 0 spiro atoms. The maximum Gasteiger partial charge on any atom is 0.246 e. The molecule has 1 rings (SSSR count). The van der Waals surface area contributed by atoms with Crippen LogP contribution in [0.15, 0.2) is 35.9 Å². The highest BCUT2D eigenvalue weighted by Gasteiger charge is 2.02. The highest BCUT2D eigenvalue weighted by molar-refractivity contribution is 5.92. The summed E-state index contributed by atoms with van der Waals surface area (Å²) in [5, 5.41) is 11.6. The standard InChI is InChI=1S/C16H20N2O/c1-3-4-11-18-16(19)13(2)5-6-14-7-9-15(12-17)10-8-14/h5,7-10H,3-4,6,11H2,1-2H3,(H,18,19)/b13-5+. The second-order valence-corrected chi connectivity index (χ2v) is 4.51. The SMILES string of the molecule is CCCCNC(=O)/C(C)=C/Cc1ccc(C#N)cc1. The molecular weight excluding hydrogens is 236 g/mol. The molecule has 0 saturated carbocycles. The van der Waals surface area contributed by atoms with Gasteiger partial charge in [-0.1, -0.05) is 31.6 Å². The van der Waals surface area contributed by atoms with Crippen LogP contribution in [0.25, 0.3) is 0 Å². The summed E-state index contributed by atoms with van der Waals surface area (Å²) in [4.78, 5) is 11.7. The van der Waals surface area contributed by atoms with Crippen molar-refractivity contribution in [3.05, 3.63) is 47.0 Å². The predicted molar refractivity (Wildman–Crippen MR) is 76.5 cm³/mol. The fourth-order valence-electron chi connectivity index (χ4n) is 1.60. The van der Waals surface area contributed by atoms with Gasteiger partial charge >= 0.3 is 0 Å². The van der Waals surface area contributed by atoms with E-state index in [1.165, 1.54) is 0 Å². The van der Waals surface area contributed by atoms with E-state index in [1.807, 2.05) is 25.1 Å². The molecule has 1 aromatic carbocycles. The molecule has 3 heteroatoms. The van der Waals surface area contributed by atoms with Gasteiger partial charge in [0.25, 0.3) is 0 Å². The van der Waals surface area contributed by atoms with Crippen LogP contribution in [0.1, 0.15) is 37.8 Å². The van der Waals surface area contributed by atoms with E-state index in [2.05, 4.69) is 18.3 Å². The topological polar surface area (TPSA) is 52.9 Å². The van der Waals surface area contributed by atoms with E-state index in [0.717, 1.165) is 30.5 Å². The average Bonchev–Trinajstić information content (AvgIpc) is 2.45. The zero-order valence-corrected chi connectivity index (χ0v) is 11.6. The summed E-state index contributed by atoms with van der Waals surface area (Å²) in [5.41, 5.74) is 2.49. The van der Waals surface area contributed by atoms with Crippen molar-refractivity contribution in [3.8, 4) is 6.07 Å². The molecule has 0 bridgehead atoms. The van der Waals surface area contributed by atoms with E-state index in [-0.39, 0.29) is 5.91 Å². The number of benzene rings is 1. The van der Waals surface area contributed by atoms with E-state index < -0.39 is 0 Å². The summed E-state index contributed by atoms with van der Waals surface area (Å²) in [6, 6.07) is 9.50. The Bertz CT molecular complexity index is 480. The van der Waals surface area contributed by atoms with Crippen molar-refractivity contribution < 1.29 is 4.79 Å². The van der Waals surface area contributed by atoms with Crippen LogP contribution < -0.4 is 5.32 Å². The first-order valence-corrected chi connectivity index (χ1v) is 6.61. The fourth-order valence-corrected chi connectivity index (χ4v) is 1.60. The fraction of sp³-hybridized carbons (Fsp3) is 0.375. The van der Waals surface area contributed by atoms with Gasteiger partial charge in [0.2, 0.25) is 5.91 Å². The van der Waals surface area contributed by atoms with E-state index in [4.69, 9.17) is 5.26 Å². The van der Waals surface area contributed by atoms with Gasteiger partial charge in [0.1, 0.15) is 0 Å². The molecule has 0 atom stereocenters.